The van der Waals surface area contributed by atoms with Gasteiger partial charge in [-0.3, -0.25) is 4.72 Å². The van der Waals surface area contributed by atoms with Crippen LogP contribution in [0.1, 0.15) is 17.1 Å². The van der Waals surface area contributed by atoms with E-state index in [-0.39, 0.29) is 16.5 Å². The number of nitrogens with zero attached hydrogens (tertiary/aromatic N) is 2. The van der Waals surface area contributed by atoms with Gasteiger partial charge in [-0.15, -0.1) is 10.2 Å². The van der Waals surface area contributed by atoms with E-state index in [4.69, 9.17) is 20.8 Å². The lowest BCUT2D eigenvalue weighted by Gasteiger charge is -2.12. The molecule has 0 radical (unpaired) electrons. The summed E-state index contributed by atoms with van der Waals surface area (Å²) in [5.74, 6) is 0.972. The first-order valence-corrected chi connectivity index (χ1v) is 9.45. The summed E-state index contributed by atoms with van der Waals surface area (Å²) >= 11 is 5.97. The van der Waals surface area contributed by atoms with E-state index in [1.165, 1.54) is 13.2 Å². The second-order valence-electron chi connectivity index (χ2n) is 5.66. The van der Waals surface area contributed by atoms with Crippen LogP contribution >= 0.6 is 11.6 Å². The van der Waals surface area contributed by atoms with Crippen LogP contribution in [-0.2, 0) is 10.0 Å². The molecule has 2 aromatic heterocycles. The predicted molar refractivity (Wildman–Crippen MR) is 97.1 cm³/mol. The molecule has 3 aromatic rings. The van der Waals surface area contributed by atoms with Crippen LogP contribution in [0.3, 0.4) is 0 Å². The zero-order valence-corrected chi connectivity index (χ0v) is 16.1. The van der Waals surface area contributed by atoms with E-state index >= 15 is 0 Å². The van der Waals surface area contributed by atoms with Crippen molar-refractivity contribution in [3.05, 3.63) is 40.4 Å². The normalized spacial score (nSPS) is 11.6. The number of aryl methyl sites for hydroxylation is 2. The first kappa shape index (κ1) is 18.3. The molecule has 0 aliphatic heterocycles. The molecule has 0 atom stereocenters. The van der Waals surface area contributed by atoms with E-state index in [0.717, 1.165) is 0 Å². The minimum atomic E-state index is -3.91. The third-order valence-electron chi connectivity index (χ3n) is 3.78. The van der Waals surface area contributed by atoms with E-state index in [9.17, 15) is 8.42 Å². The Hall–Kier alpha value is -2.52. The largest absolute Gasteiger partial charge is 0.495 e. The number of benzene rings is 1. The van der Waals surface area contributed by atoms with Gasteiger partial charge in [0.15, 0.2) is 0 Å². The standard InChI is InChI=1S/C16H17ClN4O4S/c1-8-14(16-20-19-10(3)25-16)18-9(2)15(8)26(22,23)21-12-7-11(17)5-6-13(12)24-4/h5-7,18,21H,1-4H3. The first-order chi connectivity index (χ1) is 12.2. The Labute approximate surface area is 155 Å². The summed E-state index contributed by atoms with van der Waals surface area (Å²) in [6, 6.07) is 4.68. The summed E-state index contributed by atoms with van der Waals surface area (Å²) in [4.78, 5) is 3.10. The highest BCUT2D eigenvalue weighted by Gasteiger charge is 2.27. The van der Waals surface area contributed by atoms with Crippen molar-refractivity contribution in [2.45, 2.75) is 25.7 Å². The zero-order valence-electron chi connectivity index (χ0n) is 14.5. The highest BCUT2D eigenvalue weighted by molar-refractivity contribution is 7.92. The molecule has 138 valence electrons. The van der Waals surface area contributed by atoms with Crippen molar-refractivity contribution in [2.24, 2.45) is 0 Å². The molecule has 26 heavy (non-hydrogen) atoms. The van der Waals surface area contributed by atoms with Crippen molar-refractivity contribution in [1.29, 1.82) is 0 Å². The van der Waals surface area contributed by atoms with E-state index in [1.54, 1.807) is 32.9 Å². The Kier molecular flexibility index (Phi) is 4.68. The molecule has 0 saturated carbocycles. The van der Waals surface area contributed by atoms with Gasteiger partial charge in [-0.1, -0.05) is 11.6 Å². The Morgan fingerprint density at radius 2 is 1.96 bits per heavy atom. The summed E-state index contributed by atoms with van der Waals surface area (Å²) in [7, 11) is -2.47. The second kappa shape index (κ2) is 6.65. The highest BCUT2D eigenvalue weighted by atomic mass is 35.5. The third kappa shape index (κ3) is 3.27. The molecule has 0 aliphatic rings. The van der Waals surface area contributed by atoms with Crippen LogP contribution < -0.4 is 9.46 Å². The van der Waals surface area contributed by atoms with Crippen molar-refractivity contribution >= 4 is 27.3 Å². The Bertz CT molecular complexity index is 1070. The van der Waals surface area contributed by atoms with Crippen molar-refractivity contribution in [2.75, 3.05) is 11.8 Å². The maximum absolute atomic E-state index is 13.0. The molecule has 0 unspecified atom stereocenters. The predicted octanol–water partition coefficient (Wildman–Crippen LogP) is 3.45. The Morgan fingerprint density at radius 1 is 1.23 bits per heavy atom. The van der Waals surface area contributed by atoms with E-state index in [2.05, 4.69) is 19.9 Å². The topological polar surface area (TPSA) is 110 Å². The fraction of sp³-hybridized carbons (Fsp3) is 0.250. The number of methoxy groups -OCH3 is 1. The quantitative estimate of drug-likeness (QED) is 0.683. The lowest BCUT2D eigenvalue weighted by Crippen LogP contribution is -2.15. The van der Waals surface area contributed by atoms with Crippen LogP contribution in [0.5, 0.6) is 5.75 Å². The number of hydrogen-bond acceptors (Lipinski definition) is 6. The van der Waals surface area contributed by atoms with Crippen LogP contribution in [0.4, 0.5) is 5.69 Å². The zero-order chi connectivity index (χ0) is 19.1. The Balaban J connectivity index is 2.06. The fourth-order valence-electron chi connectivity index (χ4n) is 2.70. The van der Waals surface area contributed by atoms with Gasteiger partial charge in [0, 0.05) is 23.2 Å². The maximum atomic E-state index is 13.0. The summed E-state index contributed by atoms with van der Waals surface area (Å²) in [5.41, 5.74) is 1.62. The van der Waals surface area contributed by atoms with Crippen molar-refractivity contribution < 1.29 is 17.6 Å². The number of H-pyrrole nitrogens is 1. The lowest BCUT2D eigenvalue weighted by atomic mass is 10.2. The molecule has 0 bridgehead atoms. The maximum Gasteiger partial charge on any atom is 0.264 e. The molecule has 0 amide bonds. The molecule has 0 spiro atoms. The van der Waals surface area contributed by atoms with Crippen LogP contribution in [0.15, 0.2) is 27.5 Å². The fourth-order valence-corrected chi connectivity index (χ4v) is 4.39. The monoisotopic (exact) mass is 396 g/mol. The average molecular weight is 397 g/mol. The number of rotatable bonds is 5. The number of ether oxygens (including phenoxy) is 1. The summed E-state index contributed by atoms with van der Waals surface area (Å²) in [6.45, 7) is 4.98. The summed E-state index contributed by atoms with van der Waals surface area (Å²) < 4.78 is 39.1. The van der Waals surface area contributed by atoms with Crippen molar-refractivity contribution in [3.8, 4) is 17.3 Å². The van der Waals surface area contributed by atoms with E-state index in [1.807, 2.05) is 0 Å². The second-order valence-corrected chi connectivity index (χ2v) is 7.71. The molecule has 1 aromatic carbocycles. The number of nitrogens with one attached hydrogen (secondary N) is 2. The highest BCUT2D eigenvalue weighted by Crippen LogP contribution is 2.34. The molecule has 2 N–H and O–H groups in total. The van der Waals surface area contributed by atoms with Gasteiger partial charge in [0.2, 0.25) is 5.89 Å². The first-order valence-electron chi connectivity index (χ1n) is 7.59. The lowest BCUT2D eigenvalue weighted by molar-refractivity contribution is 0.417. The number of hydrogen-bond donors (Lipinski definition) is 2. The van der Waals surface area contributed by atoms with E-state index in [0.29, 0.717) is 33.6 Å². The van der Waals surface area contributed by atoms with Gasteiger partial charge < -0.3 is 14.1 Å². The Morgan fingerprint density at radius 3 is 2.58 bits per heavy atom. The number of halogens is 1. The van der Waals surface area contributed by atoms with Crippen LogP contribution in [0.25, 0.3) is 11.6 Å². The van der Waals surface area contributed by atoms with Gasteiger partial charge in [-0.05, 0) is 32.0 Å². The number of aromatic nitrogens is 3. The van der Waals surface area contributed by atoms with Gasteiger partial charge in [0.05, 0.1) is 12.8 Å². The van der Waals surface area contributed by atoms with Gasteiger partial charge in [0.25, 0.3) is 15.9 Å². The van der Waals surface area contributed by atoms with Crippen LogP contribution in [-0.4, -0.2) is 30.7 Å². The van der Waals surface area contributed by atoms with Crippen LogP contribution in [0.2, 0.25) is 5.02 Å². The molecule has 10 heteroatoms. The number of aromatic amines is 1. The summed E-state index contributed by atoms with van der Waals surface area (Å²) in [5, 5.41) is 8.09. The minimum Gasteiger partial charge on any atom is -0.495 e. The molecular weight excluding hydrogens is 380 g/mol. The molecule has 0 saturated heterocycles. The molecular formula is C16H17ClN4O4S. The van der Waals surface area contributed by atoms with Crippen molar-refractivity contribution in [3.63, 3.8) is 0 Å². The van der Waals surface area contributed by atoms with Crippen molar-refractivity contribution in [1.82, 2.24) is 15.2 Å². The molecule has 3 rings (SSSR count). The minimum absolute atomic E-state index is 0.102. The summed E-state index contributed by atoms with van der Waals surface area (Å²) in [6.07, 6.45) is 0. The van der Waals surface area contributed by atoms with Gasteiger partial charge in [-0.25, -0.2) is 8.42 Å². The van der Waals surface area contributed by atoms with Gasteiger partial charge in [0.1, 0.15) is 16.3 Å². The number of sulfonamides is 1. The molecule has 0 aliphatic carbocycles. The molecule has 8 nitrogen and oxygen atoms in total. The third-order valence-corrected chi connectivity index (χ3v) is 5.66. The van der Waals surface area contributed by atoms with Crippen LogP contribution in [0, 0.1) is 20.8 Å². The average Bonchev–Trinajstić information content (AvgIpc) is 3.10. The van der Waals surface area contributed by atoms with Gasteiger partial charge >= 0.3 is 0 Å². The molecule has 0 fully saturated rings. The SMILES string of the molecule is COc1ccc(Cl)cc1NS(=O)(=O)c1c(C)[nH]c(-c2nnc(C)o2)c1C. The van der Waals surface area contributed by atoms with E-state index < -0.39 is 10.0 Å². The smallest absolute Gasteiger partial charge is 0.264 e. The number of anilines is 1. The molecule has 2 heterocycles. The van der Waals surface area contributed by atoms with Gasteiger partial charge in [-0.2, -0.15) is 0 Å².